The van der Waals surface area contributed by atoms with Crippen LogP contribution in [-0.4, -0.2) is 31.3 Å². The van der Waals surface area contributed by atoms with Crippen molar-refractivity contribution in [3.8, 4) is 17.2 Å². The molecule has 0 aliphatic carbocycles. The molecule has 1 saturated heterocycles. The number of carbonyl (C=O) groups is 2. The first-order valence-electron chi connectivity index (χ1n) is 17.4. The summed E-state index contributed by atoms with van der Waals surface area (Å²) < 4.78 is 22.6. The largest absolute Gasteiger partial charge is 0.502 e. The van der Waals surface area contributed by atoms with Crippen LogP contribution < -0.4 is 9.47 Å². The van der Waals surface area contributed by atoms with Gasteiger partial charge in [-0.2, -0.15) is 0 Å². The SMILES string of the molecule is CCCCCCCCCCCCc1c(OC)c(O)c(OC)c(CCCCCCCCCCCC)c1C1OC(=O)CC(=O)O1. The van der Waals surface area contributed by atoms with E-state index in [1.54, 1.807) is 0 Å². The molecule has 1 aliphatic heterocycles. The van der Waals surface area contributed by atoms with E-state index in [-0.39, 0.29) is 5.75 Å². The second kappa shape index (κ2) is 22.1. The quantitative estimate of drug-likeness (QED) is 0.0674. The third-order valence-electron chi connectivity index (χ3n) is 8.60. The zero-order valence-corrected chi connectivity index (χ0v) is 27.7. The van der Waals surface area contributed by atoms with E-state index in [0.717, 1.165) is 49.7 Å². The summed E-state index contributed by atoms with van der Waals surface area (Å²) >= 11 is 0. The van der Waals surface area contributed by atoms with Gasteiger partial charge in [-0.15, -0.1) is 0 Å². The number of methoxy groups -OCH3 is 2. The number of unbranched alkanes of at least 4 members (excludes halogenated alkanes) is 18. The fourth-order valence-corrected chi connectivity index (χ4v) is 6.20. The Hall–Kier alpha value is -2.44. The number of rotatable bonds is 25. The van der Waals surface area contributed by atoms with Crippen LogP contribution in [0.15, 0.2) is 0 Å². The molecule has 0 bridgehead atoms. The minimum atomic E-state index is -1.17. The minimum Gasteiger partial charge on any atom is -0.502 e. The lowest BCUT2D eigenvalue weighted by molar-refractivity contribution is -0.205. The molecule has 0 atom stereocenters. The third kappa shape index (κ3) is 13.0. The highest BCUT2D eigenvalue weighted by molar-refractivity contribution is 5.92. The number of esters is 2. The lowest BCUT2D eigenvalue weighted by atomic mass is 9.90. The lowest BCUT2D eigenvalue weighted by Gasteiger charge is -2.29. The van der Waals surface area contributed by atoms with Crippen LogP contribution in [0.5, 0.6) is 17.2 Å². The Morgan fingerprint density at radius 3 is 1.23 bits per heavy atom. The first kappa shape index (κ1) is 36.8. The van der Waals surface area contributed by atoms with Crippen molar-refractivity contribution in [1.29, 1.82) is 0 Å². The fraction of sp³-hybridized carbons (Fsp3) is 0.778. The summed E-state index contributed by atoms with van der Waals surface area (Å²) in [6, 6.07) is 0. The van der Waals surface area contributed by atoms with Crippen LogP contribution in [0.4, 0.5) is 0 Å². The molecule has 1 N–H and O–H groups in total. The second-order valence-corrected chi connectivity index (χ2v) is 12.1. The van der Waals surface area contributed by atoms with E-state index in [1.807, 2.05) is 0 Å². The molecule has 0 aromatic heterocycles. The number of benzene rings is 1. The van der Waals surface area contributed by atoms with Crippen LogP contribution in [-0.2, 0) is 31.9 Å². The summed E-state index contributed by atoms with van der Waals surface area (Å²) in [5.41, 5.74) is 2.06. The first-order chi connectivity index (χ1) is 21.0. The molecule has 1 aromatic rings. The van der Waals surface area contributed by atoms with Gasteiger partial charge in [0.05, 0.1) is 14.2 Å². The van der Waals surface area contributed by atoms with Gasteiger partial charge in [0.2, 0.25) is 5.75 Å². The molecule has 1 heterocycles. The van der Waals surface area contributed by atoms with Gasteiger partial charge < -0.3 is 24.1 Å². The van der Waals surface area contributed by atoms with Gasteiger partial charge in [0, 0.05) is 16.7 Å². The molecule has 0 unspecified atom stereocenters. The van der Waals surface area contributed by atoms with Gasteiger partial charge in [-0.25, -0.2) is 0 Å². The maximum absolute atomic E-state index is 12.3. The average molecular weight is 605 g/mol. The van der Waals surface area contributed by atoms with Gasteiger partial charge in [-0.05, 0) is 25.7 Å². The number of phenols is 1. The van der Waals surface area contributed by atoms with E-state index >= 15 is 0 Å². The van der Waals surface area contributed by atoms with Crippen molar-refractivity contribution in [1.82, 2.24) is 0 Å². The van der Waals surface area contributed by atoms with Gasteiger partial charge in [0.15, 0.2) is 11.5 Å². The van der Waals surface area contributed by atoms with Crippen LogP contribution >= 0.6 is 0 Å². The van der Waals surface area contributed by atoms with E-state index in [0.29, 0.717) is 29.9 Å². The van der Waals surface area contributed by atoms with Crippen molar-refractivity contribution >= 4 is 11.9 Å². The summed E-state index contributed by atoms with van der Waals surface area (Å²) in [5.74, 6) is -0.671. The zero-order chi connectivity index (χ0) is 31.3. The number of phenolic OH excluding ortho intramolecular Hbond substituents is 1. The van der Waals surface area contributed by atoms with E-state index in [1.165, 1.54) is 104 Å². The maximum Gasteiger partial charge on any atom is 0.320 e. The molecule has 0 radical (unpaired) electrons. The van der Waals surface area contributed by atoms with Crippen molar-refractivity contribution in [2.75, 3.05) is 14.2 Å². The number of cyclic esters (lactones) is 2. The molecule has 0 spiro atoms. The van der Waals surface area contributed by atoms with Crippen LogP contribution in [0.1, 0.15) is 172 Å². The molecule has 0 amide bonds. The van der Waals surface area contributed by atoms with Crippen molar-refractivity contribution < 1.29 is 33.6 Å². The Balaban J connectivity index is 2.13. The van der Waals surface area contributed by atoms with Crippen LogP contribution in [0.25, 0.3) is 0 Å². The van der Waals surface area contributed by atoms with E-state index in [4.69, 9.17) is 18.9 Å². The number of hydrogen-bond acceptors (Lipinski definition) is 7. The molecule has 1 fully saturated rings. The standard InChI is InChI=1S/C36H60O7/c1-5-7-9-11-13-15-17-19-21-23-25-28-32(36-42-30(37)27-31(38)43-36)29(35(41-4)33(39)34(28)40-3)26-24-22-20-18-16-14-12-10-8-6-2/h36,39H,5-27H2,1-4H3. The first-order valence-corrected chi connectivity index (χ1v) is 17.4. The average Bonchev–Trinajstić information content (AvgIpc) is 2.98. The highest BCUT2D eigenvalue weighted by atomic mass is 16.7. The van der Waals surface area contributed by atoms with Crippen LogP contribution in [0.2, 0.25) is 0 Å². The molecular formula is C36H60O7. The van der Waals surface area contributed by atoms with Gasteiger partial charge >= 0.3 is 11.9 Å². The van der Waals surface area contributed by atoms with E-state index in [9.17, 15) is 14.7 Å². The predicted molar refractivity (Wildman–Crippen MR) is 172 cm³/mol. The van der Waals surface area contributed by atoms with Crippen LogP contribution in [0.3, 0.4) is 0 Å². The summed E-state index contributed by atoms with van der Waals surface area (Å²) in [4.78, 5) is 24.6. The summed E-state index contributed by atoms with van der Waals surface area (Å²) in [6.07, 6.45) is 23.8. The predicted octanol–water partition coefficient (Wildman–Crippen LogP) is 9.82. The van der Waals surface area contributed by atoms with Crippen LogP contribution in [0, 0.1) is 0 Å². The molecule has 246 valence electrons. The summed E-state index contributed by atoms with van der Waals surface area (Å²) in [6.45, 7) is 4.48. The number of hydrogen-bond donors (Lipinski definition) is 1. The minimum absolute atomic E-state index is 0.0497. The Bertz CT molecular complexity index is 873. The molecule has 2 rings (SSSR count). The molecular weight excluding hydrogens is 544 g/mol. The molecule has 7 heteroatoms. The summed E-state index contributed by atoms with van der Waals surface area (Å²) in [7, 11) is 3.03. The van der Waals surface area contributed by atoms with Crippen molar-refractivity contribution in [3.63, 3.8) is 0 Å². The fourth-order valence-electron chi connectivity index (χ4n) is 6.20. The Morgan fingerprint density at radius 1 is 0.581 bits per heavy atom. The lowest BCUT2D eigenvalue weighted by Crippen LogP contribution is -2.28. The number of carbonyl (C=O) groups excluding carboxylic acids is 2. The molecule has 0 saturated carbocycles. The van der Waals surface area contributed by atoms with Gasteiger partial charge in [0.1, 0.15) is 6.42 Å². The molecule has 43 heavy (non-hydrogen) atoms. The van der Waals surface area contributed by atoms with E-state index in [2.05, 4.69) is 13.8 Å². The molecule has 7 nitrogen and oxygen atoms in total. The highest BCUT2D eigenvalue weighted by Crippen LogP contribution is 2.49. The van der Waals surface area contributed by atoms with Crippen molar-refractivity contribution in [2.24, 2.45) is 0 Å². The summed E-state index contributed by atoms with van der Waals surface area (Å²) in [5, 5.41) is 11.2. The van der Waals surface area contributed by atoms with Crippen molar-refractivity contribution in [2.45, 2.75) is 168 Å². The second-order valence-electron chi connectivity index (χ2n) is 12.1. The smallest absolute Gasteiger partial charge is 0.320 e. The Labute approximate surface area is 261 Å². The van der Waals surface area contributed by atoms with Gasteiger partial charge in [-0.1, -0.05) is 129 Å². The number of ether oxygens (including phenoxy) is 4. The molecule has 1 aliphatic rings. The maximum atomic E-state index is 12.3. The normalized spacial score (nSPS) is 13.7. The zero-order valence-electron chi connectivity index (χ0n) is 27.7. The Kier molecular flexibility index (Phi) is 18.9. The topological polar surface area (TPSA) is 91.3 Å². The molecule has 1 aromatic carbocycles. The van der Waals surface area contributed by atoms with Crippen molar-refractivity contribution in [3.05, 3.63) is 16.7 Å². The van der Waals surface area contributed by atoms with E-state index < -0.39 is 24.6 Å². The van der Waals surface area contributed by atoms with Gasteiger partial charge in [-0.3, -0.25) is 9.59 Å². The monoisotopic (exact) mass is 604 g/mol. The third-order valence-corrected chi connectivity index (χ3v) is 8.60. The Morgan fingerprint density at radius 2 is 0.907 bits per heavy atom. The highest BCUT2D eigenvalue weighted by Gasteiger charge is 2.36. The van der Waals surface area contributed by atoms with Gasteiger partial charge in [0.25, 0.3) is 6.29 Å². The number of aromatic hydroxyl groups is 1.